The zero-order chi connectivity index (χ0) is 13.2. The van der Waals surface area contributed by atoms with Gasteiger partial charge in [-0.25, -0.2) is 0 Å². The zero-order valence-corrected chi connectivity index (χ0v) is 11.9. The molecule has 0 unspecified atom stereocenters. The van der Waals surface area contributed by atoms with E-state index in [1.807, 2.05) is 0 Å². The van der Waals surface area contributed by atoms with Crippen LogP contribution < -0.4 is 15.7 Å². The van der Waals surface area contributed by atoms with Crippen LogP contribution in [-0.4, -0.2) is 33.5 Å². The highest BCUT2D eigenvalue weighted by Crippen LogP contribution is 2.32. The topological polar surface area (TPSA) is 15.3 Å². The Hall–Kier alpha value is -0.955. The summed E-state index contributed by atoms with van der Waals surface area (Å²) in [7, 11) is 8.00. The third kappa shape index (κ3) is 2.67. The Morgan fingerprint density at radius 1 is 1.21 bits per heavy atom. The lowest BCUT2D eigenvalue weighted by Crippen LogP contribution is -2.44. The average molecular weight is 254 g/mol. The fraction of sp³-hybridized carbons (Fsp3) is 0.625. The van der Waals surface area contributed by atoms with Crippen LogP contribution in [0.4, 0.5) is 5.69 Å². The van der Waals surface area contributed by atoms with Crippen molar-refractivity contribution in [3.8, 4) is 0 Å². The fourth-order valence-corrected chi connectivity index (χ4v) is 3.70. The fourth-order valence-electron chi connectivity index (χ4n) is 3.70. The minimum absolute atomic E-state index is 0.729. The number of benzene rings is 1. The Bertz CT molecular complexity index is 438. The normalized spacial score (nSPS) is 27.1. The quantitative estimate of drug-likeness (QED) is 0.809. The molecule has 0 bridgehead atoms. The van der Waals surface area contributed by atoms with E-state index in [9.17, 15) is 0 Å². The van der Waals surface area contributed by atoms with Gasteiger partial charge in [-0.1, -0.05) is 17.6 Å². The SMILES string of the molecule is [B]c1ccc2c(c1)CCCN2C1CCC(NC)CC1. The van der Waals surface area contributed by atoms with Gasteiger partial charge in [-0.05, 0) is 57.2 Å². The van der Waals surface area contributed by atoms with Crippen LogP contribution in [0.2, 0.25) is 0 Å². The monoisotopic (exact) mass is 254 g/mol. The van der Waals surface area contributed by atoms with Gasteiger partial charge in [0.25, 0.3) is 0 Å². The Kier molecular flexibility index (Phi) is 3.83. The molecule has 2 nitrogen and oxygen atoms in total. The molecule has 1 N–H and O–H groups in total. The summed E-state index contributed by atoms with van der Waals surface area (Å²) in [5.41, 5.74) is 3.79. The number of nitrogens with zero attached hydrogens (tertiary/aromatic N) is 1. The third-order valence-electron chi connectivity index (χ3n) is 4.80. The van der Waals surface area contributed by atoms with E-state index < -0.39 is 0 Å². The van der Waals surface area contributed by atoms with Gasteiger partial charge in [0.2, 0.25) is 0 Å². The highest BCUT2D eigenvalue weighted by atomic mass is 15.2. The molecule has 0 amide bonds. The van der Waals surface area contributed by atoms with Crippen LogP contribution in [0.1, 0.15) is 37.7 Å². The van der Waals surface area contributed by atoms with Gasteiger partial charge < -0.3 is 10.2 Å². The predicted octanol–water partition coefficient (Wildman–Crippen LogP) is 1.76. The van der Waals surface area contributed by atoms with Crippen molar-refractivity contribution >= 4 is 19.0 Å². The largest absolute Gasteiger partial charge is 0.368 e. The van der Waals surface area contributed by atoms with Gasteiger partial charge in [-0.15, -0.1) is 0 Å². The second-order valence-corrected chi connectivity index (χ2v) is 5.98. The summed E-state index contributed by atoms with van der Waals surface area (Å²) in [4.78, 5) is 2.64. The summed E-state index contributed by atoms with van der Waals surface area (Å²) >= 11 is 0. The molecule has 3 rings (SSSR count). The number of hydrogen-bond donors (Lipinski definition) is 1. The molecule has 1 aliphatic carbocycles. The number of anilines is 1. The van der Waals surface area contributed by atoms with Crippen molar-refractivity contribution < 1.29 is 0 Å². The van der Waals surface area contributed by atoms with Crippen molar-refractivity contribution in [2.75, 3.05) is 18.5 Å². The maximum absolute atomic E-state index is 5.92. The van der Waals surface area contributed by atoms with Gasteiger partial charge >= 0.3 is 0 Å². The van der Waals surface area contributed by atoms with Crippen LogP contribution in [0.3, 0.4) is 0 Å². The van der Waals surface area contributed by atoms with Crippen LogP contribution >= 0.6 is 0 Å². The van der Waals surface area contributed by atoms with E-state index in [1.54, 1.807) is 0 Å². The van der Waals surface area contributed by atoms with Crippen molar-refractivity contribution in [3.05, 3.63) is 23.8 Å². The number of hydrogen-bond acceptors (Lipinski definition) is 2. The first kappa shape index (κ1) is 13.0. The highest BCUT2D eigenvalue weighted by molar-refractivity contribution is 6.32. The van der Waals surface area contributed by atoms with E-state index in [0.29, 0.717) is 0 Å². The summed E-state index contributed by atoms with van der Waals surface area (Å²) in [6.45, 7) is 1.21. The Labute approximate surface area is 118 Å². The summed E-state index contributed by atoms with van der Waals surface area (Å²) in [6.07, 6.45) is 7.69. The molecule has 2 aliphatic rings. The van der Waals surface area contributed by atoms with Crippen LogP contribution in [-0.2, 0) is 6.42 Å². The molecular formula is C16H23BN2. The summed E-state index contributed by atoms with van der Waals surface area (Å²) in [5, 5.41) is 3.42. The molecule has 2 radical (unpaired) electrons. The maximum atomic E-state index is 5.92. The summed E-state index contributed by atoms with van der Waals surface area (Å²) in [6, 6.07) is 7.91. The highest BCUT2D eigenvalue weighted by Gasteiger charge is 2.28. The maximum Gasteiger partial charge on any atom is 0.113 e. The van der Waals surface area contributed by atoms with Crippen molar-refractivity contribution in [1.82, 2.24) is 5.32 Å². The van der Waals surface area contributed by atoms with Crippen LogP contribution in [0.25, 0.3) is 0 Å². The van der Waals surface area contributed by atoms with E-state index in [-0.39, 0.29) is 0 Å². The van der Waals surface area contributed by atoms with Gasteiger partial charge in [-0.2, -0.15) is 0 Å². The Morgan fingerprint density at radius 2 is 2.00 bits per heavy atom. The van der Waals surface area contributed by atoms with E-state index in [0.717, 1.165) is 17.5 Å². The third-order valence-corrected chi connectivity index (χ3v) is 4.80. The molecule has 19 heavy (non-hydrogen) atoms. The molecule has 3 heteroatoms. The van der Waals surface area contributed by atoms with Crippen molar-refractivity contribution in [3.63, 3.8) is 0 Å². The minimum atomic E-state index is 0.729. The molecule has 100 valence electrons. The summed E-state index contributed by atoms with van der Waals surface area (Å²) < 4.78 is 0. The van der Waals surface area contributed by atoms with Crippen molar-refractivity contribution in [1.29, 1.82) is 0 Å². The molecule has 1 aromatic carbocycles. The molecule has 0 spiro atoms. The van der Waals surface area contributed by atoms with Gasteiger partial charge in [0.15, 0.2) is 0 Å². The Balaban J connectivity index is 1.77. The molecule has 1 saturated carbocycles. The smallest absolute Gasteiger partial charge is 0.113 e. The molecule has 1 heterocycles. The lowest BCUT2D eigenvalue weighted by atomic mass is 9.86. The molecular weight excluding hydrogens is 231 g/mol. The average Bonchev–Trinajstić information content (AvgIpc) is 2.46. The number of rotatable bonds is 2. The van der Waals surface area contributed by atoms with Gasteiger partial charge in [0.05, 0.1) is 0 Å². The molecule has 0 aromatic heterocycles. The molecule has 0 atom stereocenters. The number of aryl methyl sites for hydroxylation is 1. The van der Waals surface area contributed by atoms with Gasteiger partial charge in [0.1, 0.15) is 7.85 Å². The predicted molar refractivity (Wildman–Crippen MR) is 82.6 cm³/mol. The van der Waals surface area contributed by atoms with Crippen LogP contribution in [0.5, 0.6) is 0 Å². The van der Waals surface area contributed by atoms with E-state index in [1.165, 1.54) is 56.3 Å². The Morgan fingerprint density at radius 3 is 2.74 bits per heavy atom. The zero-order valence-electron chi connectivity index (χ0n) is 11.9. The molecule has 1 aromatic rings. The first-order valence-electron chi connectivity index (χ1n) is 7.60. The second kappa shape index (κ2) is 5.58. The van der Waals surface area contributed by atoms with E-state index in [2.05, 4.69) is 35.5 Å². The second-order valence-electron chi connectivity index (χ2n) is 5.98. The lowest BCUT2D eigenvalue weighted by molar-refractivity contribution is 0.341. The lowest BCUT2D eigenvalue weighted by Gasteiger charge is -2.41. The van der Waals surface area contributed by atoms with E-state index >= 15 is 0 Å². The van der Waals surface area contributed by atoms with Crippen LogP contribution in [0, 0.1) is 0 Å². The standard InChI is InChI=1S/C16H23BN2/c1-18-14-5-7-15(8-6-14)19-10-2-3-12-11-13(17)4-9-16(12)19/h4,9,11,14-15,18H,2-3,5-8,10H2,1H3. The van der Waals surface area contributed by atoms with Crippen LogP contribution in [0.15, 0.2) is 18.2 Å². The molecule has 0 saturated heterocycles. The van der Waals surface area contributed by atoms with Crippen molar-refractivity contribution in [2.45, 2.75) is 50.6 Å². The minimum Gasteiger partial charge on any atom is -0.368 e. The van der Waals surface area contributed by atoms with E-state index in [4.69, 9.17) is 7.85 Å². The van der Waals surface area contributed by atoms with Gasteiger partial charge in [0, 0.05) is 24.3 Å². The first-order chi connectivity index (χ1) is 9.28. The van der Waals surface area contributed by atoms with Crippen molar-refractivity contribution in [2.24, 2.45) is 0 Å². The van der Waals surface area contributed by atoms with Gasteiger partial charge in [-0.3, -0.25) is 0 Å². The summed E-state index contributed by atoms with van der Waals surface area (Å²) in [5.74, 6) is 0. The number of nitrogens with one attached hydrogen (secondary N) is 1. The molecule has 1 fully saturated rings. The molecule has 1 aliphatic heterocycles. The first-order valence-corrected chi connectivity index (χ1v) is 7.60. The number of fused-ring (bicyclic) bond motifs is 1.